The summed E-state index contributed by atoms with van der Waals surface area (Å²) in [6.07, 6.45) is 0.942. The fraction of sp³-hybridized carbons (Fsp3) is 0.400. The van der Waals surface area contributed by atoms with Gasteiger partial charge in [0, 0.05) is 25.4 Å². The molecule has 0 aromatic heterocycles. The average Bonchev–Trinajstić information content (AvgIpc) is 3.12. The topological polar surface area (TPSA) is 78.5 Å². The van der Waals surface area contributed by atoms with Crippen LogP contribution in [0.2, 0.25) is 0 Å². The molecule has 0 bridgehead atoms. The van der Waals surface area contributed by atoms with Crippen LogP contribution in [0.25, 0.3) is 0 Å². The van der Waals surface area contributed by atoms with Crippen molar-refractivity contribution >= 4 is 17.7 Å². The summed E-state index contributed by atoms with van der Waals surface area (Å²) in [6.45, 7) is 4.93. The van der Waals surface area contributed by atoms with Crippen molar-refractivity contribution < 1.29 is 14.4 Å². The van der Waals surface area contributed by atoms with Crippen LogP contribution in [0, 0.1) is 5.92 Å². The van der Waals surface area contributed by atoms with E-state index in [2.05, 4.69) is 10.6 Å². The third-order valence-electron chi connectivity index (χ3n) is 5.49. The monoisotopic (exact) mass is 421 g/mol. The molecule has 0 spiro atoms. The average molecular weight is 422 g/mol. The number of rotatable bonds is 9. The highest BCUT2D eigenvalue weighted by atomic mass is 16.2. The lowest BCUT2D eigenvalue weighted by atomic mass is 9.99. The maximum absolute atomic E-state index is 12.7. The Balaban J connectivity index is 1.55. The van der Waals surface area contributed by atoms with E-state index >= 15 is 0 Å². The minimum absolute atomic E-state index is 0.0251. The molecule has 1 aliphatic heterocycles. The number of benzene rings is 2. The smallest absolute Gasteiger partial charge is 0.242 e. The van der Waals surface area contributed by atoms with Gasteiger partial charge in [-0.1, -0.05) is 74.5 Å². The van der Waals surface area contributed by atoms with E-state index in [0.29, 0.717) is 25.9 Å². The fourth-order valence-electron chi connectivity index (χ4n) is 3.90. The molecule has 6 heteroatoms. The van der Waals surface area contributed by atoms with E-state index in [1.807, 2.05) is 74.5 Å². The Morgan fingerprint density at radius 3 is 2.32 bits per heavy atom. The fourth-order valence-corrected chi connectivity index (χ4v) is 3.90. The second-order valence-corrected chi connectivity index (χ2v) is 8.54. The molecule has 1 heterocycles. The Bertz CT molecular complexity index is 883. The number of amides is 3. The van der Waals surface area contributed by atoms with E-state index in [0.717, 1.165) is 11.1 Å². The van der Waals surface area contributed by atoms with Crippen LogP contribution in [0.4, 0.5) is 0 Å². The van der Waals surface area contributed by atoms with E-state index in [-0.39, 0.29) is 36.1 Å². The van der Waals surface area contributed by atoms with Crippen molar-refractivity contribution in [2.45, 2.75) is 45.2 Å². The predicted octanol–water partition coefficient (Wildman–Crippen LogP) is 2.85. The molecular formula is C25H31N3O3. The molecule has 0 saturated carbocycles. The molecule has 1 saturated heterocycles. The third-order valence-corrected chi connectivity index (χ3v) is 5.49. The van der Waals surface area contributed by atoms with E-state index in [4.69, 9.17) is 0 Å². The van der Waals surface area contributed by atoms with Crippen LogP contribution in [-0.4, -0.2) is 41.8 Å². The first-order valence-corrected chi connectivity index (χ1v) is 10.9. The number of hydrogen-bond donors (Lipinski definition) is 2. The highest BCUT2D eigenvalue weighted by Gasteiger charge is 2.32. The summed E-state index contributed by atoms with van der Waals surface area (Å²) < 4.78 is 0. The standard InChI is InChI=1S/C25H31N3O3/c1-18(2)13-22(25(31)26-15-19-9-5-3-6-10-19)27-23(29)17-28-16-21(14-24(28)30)20-11-7-4-8-12-20/h3-12,18,21-22H,13-17H2,1-2H3,(H,26,31)(H,27,29)/t21-,22-/m1/s1. The first kappa shape index (κ1) is 22.5. The summed E-state index contributed by atoms with van der Waals surface area (Å²) in [5.41, 5.74) is 2.11. The summed E-state index contributed by atoms with van der Waals surface area (Å²) in [4.78, 5) is 39.4. The molecule has 6 nitrogen and oxygen atoms in total. The first-order valence-electron chi connectivity index (χ1n) is 10.9. The molecule has 2 aromatic rings. The van der Waals surface area contributed by atoms with Crippen LogP contribution in [-0.2, 0) is 20.9 Å². The number of carbonyl (C=O) groups excluding carboxylic acids is 3. The molecule has 2 N–H and O–H groups in total. The molecule has 0 aliphatic carbocycles. The van der Waals surface area contributed by atoms with Crippen molar-refractivity contribution in [2.75, 3.05) is 13.1 Å². The first-order chi connectivity index (χ1) is 14.9. The van der Waals surface area contributed by atoms with Gasteiger partial charge in [-0.25, -0.2) is 0 Å². The molecule has 1 fully saturated rings. The molecule has 31 heavy (non-hydrogen) atoms. The van der Waals surface area contributed by atoms with Gasteiger partial charge in [-0.3, -0.25) is 14.4 Å². The molecule has 0 radical (unpaired) electrons. The largest absolute Gasteiger partial charge is 0.350 e. The number of nitrogens with one attached hydrogen (secondary N) is 2. The van der Waals surface area contributed by atoms with Crippen LogP contribution >= 0.6 is 0 Å². The van der Waals surface area contributed by atoms with Crippen molar-refractivity contribution in [3.8, 4) is 0 Å². The number of likely N-dealkylation sites (tertiary alicyclic amines) is 1. The molecule has 3 rings (SSSR count). The number of carbonyl (C=O) groups is 3. The second kappa shape index (κ2) is 10.8. The predicted molar refractivity (Wildman–Crippen MR) is 120 cm³/mol. The van der Waals surface area contributed by atoms with Gasteiger partial charge in [0.05, 0.1) is 6.54 Å². The Kier molecular flexibility index (Phi) is 7.82. The lowest BCUT2D eigenvalue weighted by molar-refractivity contribution is -0.134. The van der Waals surface area contributed by atoms with Crippen molar-refractivity contribution in [2.24, 2.45) is 5.92 Å². The Morgan fingerprint density at radius 2 is 1.68 bits per heavy atom. The second-order valence-electron chi connectivity index (χ2n) is 8.54. The summed E-state index contributed by atoms with van der Waals surface area (Å²) in [7, 11) is 0. The zero-order chi connectivity index (χ0) is 22.2. The molecule has 3 amide bonds. The molecular weight excluding hydrogens is 390 g/mol. The Labute approximate surface area is 184 Å². The van der Waals surface area contributed by atoms with Gasteiger partial charge in [0.1, 0.15) is 6.04 Å². The van der Waals surface area contributed by atoms with Gasteiger partial charge < -0.3 is 15.5 Å². The third kappa shape index (κ3) is 6.67. The highest BCUT2D eigenvalue weighted by Crippen LogP contribution is 2.27. The van der Waals surface area contributed by atoms with Gasteiger partial charge in [-0.05, 0) is 23.5 Å². The lowest BCUT2D eigenvalue weighted by Crippen LogP contribution is -2.50. The van der Waals surface area contributed by atoms with Crippen molar-refractivity contribution in [1.82, 2.24) is 15.5 Å². The molecule has 0 unspecified atom stereocenters. The maximum atomic E-state index is 12.7. The van der Waals surface area contributed by atoms with Crippen LogP contribution in [0.15, 0.2) is 60.7 Å². The van der Waals surface area contributed by atoms with Crippen LogP contribution in [0.3, 0.4) is 0 Å². The van der Waals surface area contributed by atoms with Gasteiger partial charge in [0.25, 0.3) is 0 Å². The quantitative estimate of drug-likeness (QED) is 0.654. The van der Waals surface area contributed by atoms with Crippen molar-refractivity contribution in [3.63, 3.8) is 0 Å². The normalized spacial score (nSPS) is 16.9. The van der Waals surface area contributed by atoms with Gasteiger partial charge in [0.15, 0.2) is 0 Å². The summed E-state index contributed by atoms with van der Waals surface area (Å²) in [6, 6.07) is 18.9. The summed E-state index contributed by atoms with van der Waals surface area (Å²) in [5, 5.41) is 5.75. The van der Waals surface area contributed by atoms with Gasteiger partial charge >= 0.3 is 0 Å². The van der Waals surface area contributed by atoms with Gasteiger partial charge in [0.2, 0.25) is 17.7 Å². The molecule has 2 atom stereocenters. The highest BCUT2D eigenvalue weighted by molar-refractivity contribution is 5.90. The number of nitrogens with zero attached hydrogens (tertiary/aromatic N) is 1. The van der Waals surface area contributed by atoms with Crippen LogP contribution in [0.5, 0.6) is 0 Å². The zero-order valence-corrected chi connectivity index (χ0v) is 18.2. The van der Waals surface area contributed by atoms with E-state index < -0.39 is 6.04 Å². The van der Waals surface area contributed by atoms with E-state index in [1.54, 1.807) is 4.90 Å². The Morgan fingerprint density at radius 1 is 1.03 bits per heavy atom. The summed E-state index contributed by atoms with van der Waals surface area (Å²) in [5.74, 6) is -0.202. The maximum Gasteiger partial charge on any atom is 0.242 e. The minimum atomic E-state index is -0.626. The van der Waals surface area contributed by atoms with Crippen LogP contribution in [0.1, 0.15) is 43.7 Å². The van der Waals surface area contributed by atoms with Gasteiger partial charge in [-0.2, -0.15) is 0 Å². The van der Waals surface area contributed by atoms with E-state index in [1.165, 1.54) is 0 Å². The number of hydrogen-bond acceptors (Lipinski definition) is 3. The van der Waals surface area contributed by atoms with Crippen LogP contribution < -0.4 is 10.6 Å². The molecule has 2 aromatic carbocycles. The Hall–Kier alpha value is -3.15. The summed E-state index contributed by atoms with van der Waals surface area (Å²) >= 11 is 0. The molecule has 1 aliphatic rings. The van der Waals surface area contributed by atoms with Crippen molar-refractivity contribution in [3.05, 3.63) is 71.8 Å². The molecule has 164 valence electrons. The minimum Gasteiger partial charge on any atom is -0.350 e. The SMILES string of the molecule is CC(C)C[C@@H](NC(=O)CN1C[C@H](c2ccccc2)CC1=O)C(=O)NCc1ccccc1. The van der Waals surface area contributed by atoms with E-state index in [9.17, 15) is 14.4 Å². The zero-order valence-electron chi connectivity index (χ0n) is 18.2. The van der Waals surface area contributed by atoms with Gasteiger partial charge in [-0.15, -0.1) is 0 Å². The van der Waals surface area contributed by atoms with Crippen molar-refractivity contribution in [1.29, 1.82) is 0 Å². The lowest BCUT2D eigenvalue weighted by Gasteiger charge is -2.22.